The number of carbonyl (C=O) groups is 1. The minimum Gasteiger partial charge on any atom is -0.496 e. The van der Waals surface area contributed by atoms with Crippen LogP contribution in [0.2, 0.25) is 5.02 Å². The molecule has 1 unspecified atom stereocenters. The Kier molecular flexibility index (Phi) is 7.26. The average molecular weight is 379 g/mol. The van der Waals surface area contributed by atoms with E-state index in [4.69, 9.17) is 26.8 Å². The molecule has 0 aliphatic rings. The number of carbonyl (C=O) groups excluding carboxylic acids is 1. The molecule has 2 rings (SSSR count). The molecule has 140 valence electrons. The molecule has 7 heteroatoms. The number of nitrogen functional groups attached to an aromatic ring is 1. The van der Waals surface area contributed by atoms with E-state index < -0.39 is 6.10 Å². The molecule has 3 N–H and O–H groups in total. The van der Waals surface area contributed by atoms with Crippen LogP contribution < -0.4 is 10.5 Å². The third-order valence-corrected chi connectivity index (χ3v) is 4.13. The lowest BCUT2D eigenvalue weighted by Gasteiger charge is -2.22. The number of halogens is 1. The Balaban J connectivity index is 1.91. The standard InChI is InChI=1S/C19H23ClN2O4/c1-22(10-14(23)12-26-11-13-6-4-3-5-7-13)19(24)15-8-16(20)17(21)9-18(15)25-2/h3-9,14,23H,10-12,21H2,1-2H3. The van der Waals surface area contributed by atoms with Gasteiger partial charge in [-0.15, -0.1) is 0 Å². The van der Waals surface area contributed by atoms with Crippen molar-refractivity contribution in [3.63, 3.8) is 0 Å². The summed E-state index contributed by atoms with van der Waals surface area (Å²) in [5.41, 5.74) is 7.36. The van der Waals surface area contributed by atoms with E-state index in [9.17, 15) is 9.90 Å². The van der Waals surface area contributed by atoms with E-state index in [0.717, 1.165) is 5.56 Å². The molecule has 1 atom stereocenters. The normalized spacial score (nSPS) is 11.8. The van der Waals surface area contributed by atoms with E-state index in [2.05, 4.69) is 0 Å². The minimum absolute atomic E-state index is 0.110. The summed E-state index contributed by atoms with van der Waals surface area (Å²) in [6.45, 7) is 0.627. The first-order valence-electron chi connectivity index (χ1n) is 8.10. The lowest BCUT2D eigenvalue weighted by molar-refractivity contribution is 0.0136. The largest absolute Gasteiger partial charge is 0.496 e. The molecule has 1 amide bonds. The topological polar surface area (TPSA) is 85.0 Å². The highest BCUT2D eigenvalue weighted by atomic mass is 35.5. The summed E-state index contributed by atoms with van der Waals surface area (Å²) < 4.78 is 10.7. The van der Waals surface area contributed by atoms with Gasteiger partial charge in [-0.3, -0.25) is 4.79 Å². The van der Waals surface area contributed by atoms with Crippen molar-refractivity contribution in [2.45, 2.75) is 12.7 Å². The molecular formula is C19H23ClN2O4. The second-order valence-electron chi connectivity index (χ2n) is 5.91. The monoisotopic (exact) mass is 378 g/mol. The van der Waals surface area contributed by atoms with E-state index >= 15 is 0 Å². The molecule has 0 bridgehead atoms. The molecule has 6 nitrogen and oxygen atoms in total. The molecule has 2 aromatic carbocycles. The molecule has 0 aromatic heterocycles. The molecular weight excluding hydrogens is 356 g/mol. The van der Waals surface area contributed by atoms with E-state index in [1.807, 2.05) is 30.3 Å². The van der Waals surface area contributed by atoms with Gasteiger partial charge < -0.3 is 25.2 Å². The summed E-state index contributed by atoms with van der Waals surface area (Å²) in [6.07, 6.45) is -0.817. The summed E-state index contributed by atoms with van der Waals surface area (Å²) in [7, 11) is 3.04. The molecule has 26 heavy (non-hydrogen) atoms. The predicted octanol–water partition coefficient (Wildman–Crippen LogP) is 2.58. The van der Waals surface area contributed by atoms with Crippen molar-refractivity contribution >= 4 is 23.2 Å². The molecule has 0 heterocycles. The number of benzene rings is 2. The van der Waals surface area contributed by atoms with Crippen molar-refractivity contribution in [1.82, 2.24) is 4.90 Å². The van der Waals surface area contributed by atoms with Crippen LogP contribution in [0.5, 0.6) is 5.75 Å². The highest BCUT2D eigenvalue weighted by molar-refractivity contribution is 6.33. The highest BCUT2D eigenvalue weighted by Crippen LogP contribution is 2.29. The first-order chi connectivity index (χ1) is 12.4. The first-order valence-corrected chi connectivity index (χ1v) is 8.48. The van der Waals surface area contributed by atoms with Gasteiger partial charge in [0.15, 0.2) is 0 Å². The Bertz CT molecular complexity index is 740. The molecule has 0 radical (unpaired) electrons. The zero-order valence-corrected chi connectivity index (χ0v) is 15.6. The van der Waals surface area contributed by atoms with Crippen molar-refractivity contribution in [1.29, 1.82) is 0 Å². The molecule has 0 fully saturated rings. The van der Waals surface area contributed by atoms with Gasteiger partial charge in [0.2, 0.25) is 0 Å². The van der Waals surface area contributed by atoms with Crippen LogP contribution in [0.1, 0.15) is 15.9 Å². The van der Waals surface area contributed by atoms with Gasteiger partial charge >= 0.3 is 0 Å². The summed E-state index contributed by atoms with van der Waals surface area (Å²) in [5, 5.41) is 10.4. The number of rotatable bonds is 8. The van der Waals surface area contributed by atoms with Crippen LogP contribution in [-0.2, 0) is 11.3 Å². The van der Waals surface area contributed by atoms with Gasteiger partial charge in [0.05, 0.1) is 42.7 Å². The lowest BCUT2D eigenvalue weighted by atomic mass is 10.1. The van der Waals surface area contributed by atoms with Gasteiger partial charge in [0.1, 0.15) is 5.75 Å². The number of methoxy groups -OCH3 is 1. The van der Waals surface area contributed by atoms with E-state index in [1.165, 1.54) is 24.1 Å². The van der Waals surface area contributed by atoms with Gasteiger partial charge in [0.25, 0.3) is 5.91 Å². The van der Waals surface area contributed by atoms with Crippen molar-refractivity contribution < 1.29 is 19.4 Å². The first kappa shape index (κ1) is 20.0. The van der Waals surface area contributed by atoms with E-state index in [-0.39, 0.29) is 29.6 Å². The van der Waals surface area contributed by atoms with Crippen LogP contribution >= 0.6 is 11.6 Å². The maximum absolute atomic E-state index is 12.6. The number of nitrogens with zero attached hydrogens (tertiary/aromatic N) is 1. The maximum Gasteiger partial charge on any atom is 0.257 e. The van der Waals surface area contributed by atoms with Crippen LogP contribution in [-0.4, -0.2) is 49.3 Å². The molecule has 0 aliphatic heterocycles. The summed E-state index contributed by atoms with van der Waals surface area (Å²) in [4.78, 5) is 14.0. The zero-order valence-electron chi connectivity index (χ0n) is 14.8. The quantitative estimate of drug-likeness (QED) is 0.689. The van der Waals surface area contributed by atoms with Gasteiger partial charge in [-0.05, 0) is 11.6 Å². The van der Waals surface area contributed by atoms with Crippen LogP contribution in [0.4, 0.5) is 5.69 Å². The van der Waals surface area contributed by atoms with Gasteiger partial charge in [-0.1, -0.05) is 41.9 Å². The Morgan fingerprint density at radius 3 is 2.65 bits per heavy atom. The highest BCUT2D eigenvalue weighted by Gasteiger charge is 2.20. The van der Waals surface area contributed by atoms with Gasteiger partial charge in [0, 0.05) is 19.7 Å². The van der Waals surface area contributed by atoms with Crippen molar-refractivity contribution in [3.05, 3.63) is 58.6 Å². The number of aliphatic hydroxyl groups excluding tert-OH is 1. The van der Waals surface area contributed by atoms with Crippen LogP contribution in [0.25, 0.3) is 0 Å². The number of hydrogen-bond donors (Lipinski definition) is 2. The molecule has 0 saturated carbocycles. The summed E-state index contributed by atoms with van der Waals surface area (Å²) in [6, 6.07) is 12.6. The number of amides is 1. The Morgan fingerprint density at radius 2 is 2.00 bits per heavy atom. The van der Waals surface area contributed by atoms with Crippen molar-refractivity contribution in [2.75, 3.05) is 33.0 Å². The van der Waals surface area contributed by atoms with Crippen LogP contribution in [0, 0.1) is 0 Å². The summed E-state index contributed by atoms with van der Waals surface area (Å²) in [5.74, 6) is 0.00410. The van der Waals surface area contributed by atoms with Gasteiger partial charge in [-0.25, -0.2) is 0 Å². The van der Waals surface area contributed by atoms with Crippen molar-refractivity contribution in [3.8, 4) is 5.75 Å². The number of ether oxygens (including phenoxy) is 2. The zero-order chi connectivity index (χ0) is 19.1. The minimum atomic E-state index is -0.817. The number of aliphatic hydroxyl groups is 1. The Morgan fingerprint density at radius 1 is 1.31 bits per heavy atom. The maximum atomic E-state index is 12.6. The second-order valence-corrected chi connectivity index (χ2v) is 6.32. The fourth-order valence-corrected chi connectivity index (χ4v) is 2.61. The van der Waals surface area contributed by atoms with Crippen molar-refractivity contribution in [2.24, 2.45) is 0 Å². The Labute approximate surface area is 158 Å². The van der Waals surface area contributed by atoms with Crippen LogP contribution in [0.15, 0.2) is 42.5 Å². The third kappa shape index (κ3) is 5.36. The van der Waals surface area contributed by atoms with Gasteiger partial charge in [-0.2, -0.15) is 0 Å². The number of anilines is 1. The van der Waals surface area contributed by atoms with Crippen LogP contribution in [0.3, 0.4) is 0 Å². The Hall–Kier alpha value is -2.28. The van der Waals surface area contributed by atoms with E-state index in [0.29, 0.717) is 18.0 Å². The van der Waals surface area contributed by atoms with E-state index in [1.54, 1.807) is 7.05 Å². The number of likely N-dealkylation sites (N-methyl/N-ethyl adjacent to an activating group) is 1. The predicted molar refractivity (Wildman–Crippen MR) is 101 cm³/mol. The number of hydrogen-bond acceptors (Lipinski definition) is 5. The lowest BCUT2D eigenvalue weighted by Crippen LogP contribution is -2.36. The second kappa shape index (κ2) is 9.43. The summed E-state index contributed by atoms with van der Waals surface area (Å²) >= 11 is 6.00. The fourth-order valence-electron chi connectivity index (χ4n) is 2.45. The molecule has 0 spiro atoms. The molecule has 0 aliphatic carbocycles. The molecule has 0 saturated heterocycles. The molecule has 2 aromatic rings. The third-order valence-electron chi connectivity index (χ3n) is 3.80. The smallest absolute Gasteiger partial charge is 0.257 e. The number of nitrogens with two attached hydrogens (primary N) is 1. The average Bonchev–Trinajstić information content (AvgIpc) is 2.63. The SMILES string of the molecule is COc1cc(N)c(Cl)cc1C(=O)N(C)CC(O)COCc1ccccc1. The fraction of sp³-hybridized carbons (Fsp3) is 0.316.